The van der Waals surface area contributed by atoms with Gasteiger partial charge in [0.05, 0.1) is 25.2 Å². The molecule has 0 aliphatic carbocycles. The Kier molecular flexibility index (Phi) is 6.74. The molecule has 1 aromatic carbocycles. The zero-order valence-corrected chi connectivity index (χ0v) is 16.0. The van der Waals surface area contributed by atoms with E-state index in [4.69, 9.17) is 14.2 Å². The Morgan fingerprint density at radius 3 is 2.25 bits per heavy atom. The molecule has 1 aromatic rings. The number of carbonyl (C=O) groups is 2. The van der Waals surface area contributed by atoms with E-state index in [9.17, 15) is 22.8 Å². The summed E-state index contributed by atoms with van der Waals surface area (Å²) in [6.45, 7) is 5.02. The predicted octanol–water partition coefficient (Wildman–Crippen LogP) is 4.33. The maximum Gasteiger partial charge on any atom is 0.432 e. The molecule has 0 spiro atoms. The van der Waals surface area contributed by atoms with E-state index in [2.05, 4.69) is 0 Å². The normalized spacial score (nSPS) is 21.1. The molecule has 8 heteroatoms. The molecule has 1 atom stereocenters. The molecule has 1 unspecified atom stereocenters. The van der Waals surface area contributed by atoms with Gasteiger partial charge in [-0.15, -0.1) is 0 Å². The molecule has 0 radical (unpaired) electrons. The van der Waals surface area contributed by atoms with Gasteiger partial charge in [0, 0.05) is 18.4 Å². The standard InChI is InChI=1S/C20H23F3O5/c1-4-26-17(24)12-15(18(25)27-5-2)16-10-11-19(28-16,20(21,22)23)14-8-6-13(3)7-9-14/h6-9H,4-5,10-12H2,1-3H3/b16-15+. The highest BCUT2D eigenvalue weighted by Gasteiger charge is 2.61. The van der Waals surface area contributed by atoms with E-state index in [0.717, 1.165) is 5.56 Å². The van der Waals surface area contributed by atoms with Crippen LogP contribution in [-0.4, -0.2) is 31.3 Å². The van der Waals surface area contributed by atoms with Gasteiger partial charge in [0.25, 0.3) is 0 Å². The van der Waals surface area contributed by atoms with Crippen molar-refractivity contribution in [1.82, 2.24) is 0 Å². The number of rotatable bonds is 6. The fourth-order valence-corrected chi connectivity index (χ4v) is 3.06. The van der Waals surface area contributed by atoms with Crippen LogP contribution in [0.4, 0.5) is 13.2 Å². The van der Waals surface area contributed by atoms with Crippen molar-refractivity contribution in [3.05, 3.63) is 46.7 Å². The number of alkyl halides is 3. The lowest BCUT2D eigenvalue weighted by Crippen LogP contribution is -2.41. The molecule has 5 nitrogen and oxygen atoms in total. The number of ether oxygens (including phenoxy) is 3. The van der Waals surface area contributed by atoms with E-state index in [1.165, 1.54) is 12.1 Å². The van der Waals surface area contributed by atoms with Crippen LogP contribution in [0, 0.1) is 6.92 Å². The molecule has 2 rings (SSSR count). The van der Waals surface area contributed by atoms with Gasteiger partial charge in [0.2, 0.25) is 5.60 Å². The van der Waals surface area contributed by atoms with Crippen molar-refractivity contribution in [2.45, 2.75) is 51.8 Å². The first-order chi connectivity index (χ1) is 13.1. The van der Waals surface area contributed by atoms with Crippen LogP contribution in [0.25, 0.3) is 0 Å². The quantitative estimate of drug-likeness (QED) is 0.525. The Labute approximate surface area is 161 Å². The van der Waals surface area contributed by atoms with Gasteiger partial charge in [-0.05, 0) is 20.8 Å². The summed E-state index contributed by atoms with van der Waals surface area (Å²) in [7, 11) is 0. The first-order valence-electron chi connectivity index (χ1n) is 9.02. The van der Waals surface area contributed by atoms with Gasteiger partial charge in [-0.25, -0.2) is 4.79 Å². The fraction of sp³-hybridized carbons (Fsp3) is 0.500. The van der Waals surface area contributed by atoms with Gasteiger partial charge in [0.1, 0.15) is 5.76 Å². The Morgan fingerprint density at radius 1 is 1.11 bits per heavy atom. The summed E-state index contributed by atoms with van der Waals surface area (Å²) < 4.78 is 57.2. The summed E-state index contributed by atoms with van der Waals surface area (Å²) in [5, 5.41) is 0. The number of allylic oxidation sites excluding steroid dienone is 1. The van der Waals surface area contributed by atoms with Crippen LogP contribution in [0.3, 0.4) is 0 Å². The van der Waals surface area contributed by atoms with Gasteiger partial charge in [-0.1, -0.05) is 29.8 Å². The number of hydrogen-bond acceptors (Lipinski definition) is 5. The third kappa shape index (κ3) is 4.48. The lowest BCUT2D eigenvalue weighted by atomic mass is 9.89. The van der Waals surface area contributed by atoms with Crippen LogP contribution in [0.15, 0.2) is 35.6 Å². The third-order valence-corrected chi connectivity index (χ3v) is 4.46. The number of aryl methyl sites for hydroxylation is 1. The molecule has 0 N–H and O–H groups in total. The largest absolute Gasteiger partial charge is 0.477 e. The third-order valence-electron chi connectivity index (χ3n) is 4.46. The molecule has 0 amide bonds. The van der Waals surface area contributed by atoms with Crippen molar-refractivity contribution in [3.8, 4) is 0 Å². The Bertz CT molecular complexity index is 752. The summed E-state index contributed by atoms with van der Waals surface area (Å²) in [5.41, 5.74) is -2.06. The molecular formula is C20H23F3O5. The van der Waals surface area contributed by atoms with Crippen LogP contribution >= 0.6 is 0 Å². The molecule has 28 heavy (non-hydrogen) atoms. The van der Waals surface area contributed by atoms with Gasteiger partial charge in [0.15, 0.2) is 0 Å². The molecule has 0 aromatic heterocycles. The second kappa shape index (κ2) is 8.67. The minimum atomic E-state index is -4.71. The summed E-state index contributed by atoms with van der Waals surface area (Å²) in [4.78, 5) is 24.1. The highest BCUT2D eigenvalue weighted by Crippen LogP contribution is 2.52. The lowest BCUT2D eigenvalue weighted by Gasteiger charge is -2.31. The summed E-state index contributed by atoms with van der Waals surface area (Å²) in [6.07, 6.45) is -5.78. The van der Waals surface area contributed by atoms with E-state index in [0.29, 0.717) is 0 Å². The maximum atomic E-state index is 14.0. The predicted molar refractivity (Wildman–Crippen MR) is 94.1 cm³/mol. The van der Waals surface area contributed by atoms with Crippen LogP contribution in [0.2, 0.25) is 0 Å². The minimum absolute atomic E-state index is 0.0147. The van der Waals surface area contributed by atoms with E-state index < -0.39 is 36.6 Å². The highest BCUT2D eigenvalue weighted by molar-refractivity contribution is 5.94. The summed E-state index contributed by atoms with van der Waals surface area (Å²) >= 11 is 0. The topological polar surface area (TPSA) is 61.8 Å². The Hall–Kier alpha value is -2.51. The number of halogens is 3. The molecule has 1 fully saturated rings. The molecule has 1 aliphatic rings. The lowest BCUT2D eigenvalue weighted by molar-refractivity contribution is -0.261. The van der Waals surface area contributed by atoms with E-state index in [-0.39, 0.29) is 36.5 Å². The number of benzene rings is 1. The van der Waals surface area contributed by atoms with Gasteiger partial charge < -0.3 is 14.2 Å². The number of esters is 2. The first kappa shape index (κ1) is 21.8. The zero-order chi connectivity index (χ0) is 20.9. The van der Waals surface area contributed by atoms with Crippen molar-refractivity contribution in [3.63, 3.8) is 0 Å². The zero-order valence-electron chi connectivity index (χ0n) is 16.0. The van der Waals surface area contributed by atoms with E-state index >= 15 is 0 Å². The summed E-state index contributed by atoms with van der Waals surface area (Å²) in [6, 6.07) is 5.86. The van der Waals surface area contributed by atoms with Crippen LogP contribution < -0.4 is 0 Å². The van der Waals surface area contributed by atoms with Gasteiger partial charge in [-0.3, -0.25) is 4.79 Å². The molecule has 1 saturated heterocycles. The van der Waals surface area contributed by atoms with Crippen molar-refractivity contribution >= 4 is 11.9 Å². The molecular weight excluding hydrogens is 377 g/mol. The van der Waals surface area contributed by atoms with Crippen LogP contribution in [0.1, 0.15) is 44.2 Å². The molecule has 1 heterocycles. The molecule has 154 valence electrons. The van der Waals surface area contributed by atoms with Gasteiger partial charge >= 0.3 is 18.1 Å². The van der Waals surface area contributed by atoms with Crippen molar-refractivity contribution in [1.29, 1.82) is 0 Å². The van der Waals surface area contributed by atoms with Gasteiger partial charge in [-0.2, -0.15) is 13.2 Å². The van der Waals surface area contributed by atoms with E-state index in [1.807, 2.05) is 0 Å². The molecule has 0 bridgehead atoms. The second-order valence-electron chi connectivity index (χ2n) is 6.40. The highest BCUT2D eigenvalue weighted by atomic mass is 19.4. The Balaban J connectivity index is 2.47. The number of carbonyl (C=O) groups excluding carboxylic acids is 2. The molecule has 1 aliphatic heterocycles. The second-order valence-corrected chi connectivity index (χ2v) is 6.40. The minimum Gasteiger partial charge on any atom is -0.477 e. The maximum absolute atomic E-state index is 14.0. The summed E-state index contributed by atoms with van der Waals surface area (Å²) in [5.74, 6) is -1.81. The van der Waals surface area contributed by atoms with Crippen molar-refractivity contribution < 1.29 is 37.0 Å². The fourth-order valence-electron chi connectivity index (χ4n) is 3.06. The number of hydrogen-bond donors (Lipinski definition) is 0. The van der Waals surface area contributed by atoms with Crippen LogP contribution in [0.5, 0.6) is 0 Å². The molecule has 0 saturated carbocycles. The van der Waals surface area contributed by atoms with E-state index in [1.54, 1.807) is 32.9 Å². The Morgan fingerprint density at radius 2 is 1.71 bits per heavy atom. The first-order valence-corrected chi connectivity index (χ1v) is 9.02. The monoisotopic (exact) mass is 400 g/mol. The smallest absolute Gasteiger partial charge is 0.432 e. The van der Waals surface area contributed by atoms with Crippen molar-refractivity contribution in [2.75, 3.05) is 13.2 Å². The average Bonchev–Trinajstić information content (AvgIpc) is 3.07. The average molecular weight is 400 g/mol. The van der Waals surface area contributed by atoms with Crippen LogP contribution in [-0.2, 0) is 29.4 Å². The SMILES string of the molecule is CCOC(=O)C/C(C(=O)OCC)=C1/CCC(c2ccc(C)cc2)(C(F)(F)F)O1. The van der Waals surface area contributed by atoms with Crippen molar-refractivity contribution in [2.24, 2.45) is 0 Å².